The first-order valence-corrected chi connectivity index (χ1v) is 10.7. The van der Waals surface area contributed by atoms with Crippen LogP contribution in [0.3, 0.4) is 0 Å². The van der Waals surface area contributed by atoms with Crippen molar-refractivity contribution in [2.75, 3.05) is 11.9 Å². The maximum Gasteiger partial charge on any atom is 0.332 e. The van der Waals surface area contributed by atoms with E-state index in [1.165, 1.54) is 6.92 Å². The van der Waals surface area contributed by atoms with Gasteiger partial charge in [0, 0.05) is 12.1 Å². The molecule has 0 aromatic heterocycles. The summed E-state index contributed by atoms with van der Waals surface area (Å²) in [5.41, 5.74) is 1.87. The summed E-state index contributed by atoms with van der Waals surface area (Å²) in [5.74, 6) is -2.13. The van der Waals surface area contributed by atoms with Crippen molar-refractivity contribution < 1.29 is 43.7 Å². The highest BCUT2D eigenvalue weighted by molar-refractivity contribution is 5.97. The predicted molar refractivity (Wildman–Crippen MR) is 117 cm³/mol. The highest BCUT2D eigenvalue weighted by Crippen LogP contribution is 2.25. The minimum Gasteiger partial charge on any atom is -0.479 e. The molecule has 1 fully saturated rings. The van der Waals surface area contributed by atoms with E-state index in [4.69, 9.17) is 9.47 Å². The number of aryl methyl sites for hydroxylation is 1. The average molecular weight is 479 g/mol. The van der Waals surface area contributed by atoms with Gasteiger partial charge in [0.15, 0.2) is 6.10 Å². The molecule has 1 saturated heterocycles. The molecular weight excluding hydrogens is 450 g/mol. The molecule has 12 nitrogen and oxygen atoms in total. The fourth-order valence-electron chi connectivity index (χ4n) is 3.60. The number of aliphatic hydroxyl groups is 1. The number of carbonyl (C=O) groups excluding carboxylic acids is 4. The normalized spacial score (nSPS) is 20.5. The summed E-state index contributed by atoms with van der Waals surface area (Å²) in [6.45, 7) is 1.57. The zero-order valence-electron chi connectivity index (χ0n) is 18.7. The number of carboxylic acid groups (broad SMARTS) is 1. The van der Waals surface area contributed by atoms with Crippen LogP contribution in [0.1, 0.15) is 37.3 Å². The molecule has 4 atom stereocenters. The summed E-state index contributed by atoms with van der Waals surface area (Å²) in [6, 6.07) is 4.13. The van der Waals surface area contributed by atoms with Crippen molar-refractivity contribution >= 4 is 36.4 Å². The van der Waals surface area contributed by atoms with Crippen molar-refractivity contribution in [1.29, 1.82) is 0 Å². The Bertz CT molecular complexity index is 892. The van der Waals surface area contributed by atoms with Gasteiger partial charge in [-0.1, -0.05) is 6.07 Å². The molecule has 1 aliphatic heterocycles. The van der Waals surface area contributed by atoms with Crippen molar-refractivity contribution in [2.24, 2.45) is 0 Å². The maximum absolute atomic E-state index is 12.4. The number of hydrogen-bond donors (Lipinski definition) is 5. The second-order valence-electron chi connectivity index (χ2n) is 7.92. The van der Waals surface area contributed by atoms with Crippen molar-refractivity contribution in [2.45, 2.75) is 63.6 Å². The van der Waals surface area contributed by atoms with E-state index in [-0.39, 0.29) is 19.6 Å². The number of rotatable bonds is 13. The molecule has 0 bridgehead atoms. The standard InChI is InChI=1S/C22H29N3O9/c1-13(24-20(29)9-23-11-26)21(30)25-16-4-2-15(10-33-12-27)14(6-16)3-5-18-7-17(28)8-19(34-18)22(31)32/h2,4,6,11-13,17-19,28H,3,5,7-10H2,1H3,(H,23,26)(H,24,29)(H,25,30)(H,31,32). The zero-order valence-corrected chi connectivity index (χ0v) is 18.7. The largest absolute Gasteiger partial charge is 0.479 e. The van der Waals surface area contributed by atoms with E-state index in [9.17, 15) is 34.2 Å². The van der Waals surface area contributed by atoms with Crippen LogP contribution in [-0.4, -0.2) is 71.8 Å². The van der Waals surface area contributed by atoms with Gasteiger partial charge in [0.2, 0.25) is 18.2 Å². The molecule has 1 aromatic rings. The molecule has 12 heteroatoms. The van der Waals surface area contributed by atoms with E-state index in [0.717, 1.165) is 5.56 Å². The highest BCUT2D eigenvalue weighted by Gasteiger charge is 2.32. The number of carbonyl (C=O) groups is 5. The van der Waals surface area contributed by atoms with Crippen molar-refractivity contribution in [1.82, 2.24) is 10.6 Å². The topological polar surface area (TPSA) is 180 Å². The molecule has 1 aromatic carbocycles. The van der Waals surface area contributed by atoms with Crippen molar-refractivity contribution in [3.8, 4) is 0 Å². The van der Waals surface area contributed by atoms with Gasteiger partial charge in [-0.3, -0.25) is 19.2 Å². The number of carboxylic acids is 1. The molecule has 0 spiro atoms. The summed E-state index contributed by atoms with van der Waals surface area (Å²) in [4.78, 5) is 56.3. The lowest BCUT2D eigenvalue weighted by molar-refractivity contribution is -0.166. The minimum atomic E-state index is -1.13. The smallest absolute Gasteiger partial charge is 0.332 e. The number of nitrogens with one attached hydrogen (secondary N) is 3. The molecule has 5 N–H and O–H groups in total. The van der Waals surface area contributed by atoms with E-state index in [0.29, 0.717) is 43.4 Å². The summed E-state index contributed by atoms with van der Waals surface area (Å²) in [6.07, 6.45) is -0.794. The van der Waals surface area contributed by atoms with Crippen LogP contribution < -0.4 is 16.0 Å². The van der Waals surface area contributed by atoms with Gasteiger partial charge in [-0.2, -0.15) is 0 Å². The Morgan fingerprint density at radius 1 is 1.24 bits per heavy atom. The number of aliphatic carboxylic acids is 1. The molecule has 1 aliphatic rings. The number of anilines is 1. The lowest BCUT2D eigenvalue weighted by Gasteiger charge is -2.31. The van der Waals surface area contributed by atoms with E-state index >= 15 is 0 Å². The third-order valence-corrected chi connectivity index (χ3v) is 5.29. The lowest BCUT2D eigenvalue weighted by Crippen LogP contribution is -2.44. The predicted octanol–water partition coefficient (Wildman–Crippen LogP) is -0.525. The molecule has 4 unspecified atom stereocenters. The third kappa shape index (κ3) is 8.45. The van der Waals surface area contributed by atoms with Crippen molar-refractivity contribution in [3.63, 3.8) is 0 Å². The fraction of sp³-hybridized carbons (Fsp3) is 0.500. The monoisotopic (exact) mass is 479 g/mol. The Morgan fingerprint density at radius 2 is 2.00 bits per heavy atom. The Morgan fingerprint density at radius 3 is 2.68 bits per heavy atom. The molecule has 34 heavy (non-hydrogen) atoms. The number of amides is 3. The Labute approximate surface area is 196 Å². The number of aliphatic hydroxyl groups excluding tert-OH is 1. The number of hydrogen-bond acceptors (Lipinski definition) is 8. The summed E-state index contributed by atoms with van der Waals surface area (Å²) >= 11 is 0. The first kappa shape index (κ1) is 26.7. The van der Waals surface area contributed by atoms with Crippen LogP contribution in [0.25, 0.3) is 0 Å². The SMILES string of the molecule is CC(NC(=O)CNC=O)C(=O)Nc1ccc(COC=O)c(CCC2CC(O)CC(C(=O)O)O2)c1. The van der Waals surface area contributed by atoms with Crippen molar-refractivity contribution in [3.05, 3.63) is 29.3 Å². The molecular formula is C22H29N3O9. The molecule has 0 aliphatic carbocycles. The second kappa shape index (κ2) is 13.3. The zero-order chi connectivity index (χ0) is 25.1. The van der Waals surface area contributed by atoms with Crippen LogP contribution in [0.2, 0.25) is 0 Å². The van der Waals surface area contributed by atoms with E-state index in [1.54, 1.807) is 18.2 Å². The van der Waals surface area contributed by atoms with E-state index in [2.05, 4.69) is 16.0 Å². The first-order valence-electron chi connectivity index (χ1n) is 10.7. The van der Waals surface area contributed by atoms with Crippen LogP contribution in [0.15, 0.2) is 18.2 Å². The lowest BCUT2D eigenvalue weighted by atomic mass is 9.94. The van der Waals surface area contributed by atoms with E-state index < -0.39 is 42.1 Å². The highest BCUT2D eigenvalue weighted by atomic mass is 16.5. The fourth-order valence-corrected chi connectivity index (χ4v) is 3.60. The average Bonchev–Trinajstić information content (AvgIpc) is 2.80. The summed E-state index contributed by atoms with van der Waals surface area (Å²) in [5, 5.41) is 26.5. The van der Waals surface area contributed by atoms with Crippen LogP contribution in [0.5, 0.6) is 0 Å². The van der Waals surface area contributed by atoms with Gasteiger partial charge in [0.1, 0.15) is 12.6 Å². The summed E-state index contributed by atoms with van der Waals surface area (Å²) in [7, 11) is 0. The molecule has 0 saturated carbocycles. The second-order valence-corrected chi connectivity index (χ2v) is 7.92. The van der Waals surface area contributed by atoms with Gasteiger partial charge in [0.05, 0.1) is 18.8 Å². The Hall–Kier alpha value is -3.51. The van der Waals surface area contributed by atoms with Crippen LogP contribution in [-0.2, 0) is 46.5 Å². The summed E-state index contributed by atoms with van der Waals surface area (Å²) < 4.78 is 10.4. The van der Waals surface area contributed by atoms with Crippen LogP contribution >= 0.6 is 0 Å². The van der Waals surface area contributed by atoms with Gasteiger partial charge in [-0.15, -0.1) is 0 Å². The van der Waals surface area contributed by atoms with Gasteiger partial charge < -0.3 is 35.6 Å². The van der Waals surface area contributed by atoms with Gasteiger partial charge in [-0.05, 0) is 49.4 Å². The third-order valence-electron chi connectivity index (χ3n) is 5.29. The molecule has 186 valence electrons. The van der Waals surface area contributed by atoms with Gasteiger partial charge in [0.25, 0.3) is 6.47 Å². The Kier molecular flexibility index (Phi) is 10.4. The quantitative estimate of drug-likeness (QED) is 0.232. The molecule has 3 amide bonds. The Balaban J connectivity index is 2.06. The van der Waals surface area contributed by atoms with Crippen LogP contribution in [0, 0.1) is 0 Å². The molecule has 0 radical (unpaired) electrons. The number of benzene rings is 1. The minimum absolute atomic E-state index is 0.00908. The van der Waals surface area contributed by atoms with E-state index in [1.807, 2.05) is 0 Å². The van der Waals surface area contributed by atoms with Gasteiger partial charge in [-0.25, -0.2) is 4.79 Å². The molecule has 2 rings (SSSR count). The maximum atomic E-state index is 12.4. The molecule has 1 heterocycles. The van der Waals surface area contributed by atoms with Gasteiger partial charge >= 0.3 is 5.97 Å². The van der Waals surface area contributed by atoms with Crippen LogP contribution in [0.4, 0.5) is 5.69 Å². The number of ether oxygens (including phenoxy) is 2. The first-order chi connectivity index (χ1) is 16.2.